The van der Waals surface area contributed by atoms with E-state index in [1.807, 2.05) is 25.1 Å². The molecule has 0 aliphatic heterocycles. The van der Waals surface area contributed by atoms with Crippen molar-refractivity contribution in [1.29, 1.82) is 0 Å². The van der Waals surface area contributed by atoms with Crippen LogP contribution in [0.3, 0.4) is 0 Å². The second-order valence-electron chi connectivity index (χ2n) is 4.37. The molecule has 1 fully saturated rings. The average molecular weight is 225 g/mol. The number of hydrogen-bond donors (Lipinski definition) is 0. The van der Waals surface area contributed by atoms with Crippen molar-refractivity contribution in [3.63, 3.8) is 0 Å². The summed E-state index contributed by atoms with van der Waals surface area (Å²) < 4.78 is 5.74. The van der Waals surface area contributed by atoms with Gasteiger partial charge in [-0.3, -0.25) is 0 Å². The Morgan fingerprint density at radius 1 is 1.33 bits per heavy atom. The fraction of sp³-hybridized carbons (Fsp3) is 0.538. The third-order valence-electron chi connectivity index (χ3n) is 3.10. The summed E-state index contributed by atoms with van der Waals surface area (Å²) in [6, 6.07) is 5.91. The fourth-order valence-electron chi connectivity index (χ4n) is 2.05. The average Bonchev–Trinajstić information content (AvgIpc) is 2.73. The maximum Gasteiger partial charge on any atom is 0.120 e. The fourth-order valence-corrected chi connectivity index (χ4v) is 2.23. The number of hydrogen-bond acceptors (Lipinski definition) is 1. The molecule has 2 rings (SSSR count). The Bertz CT molecular complexity index is 329. The zero-order valence-corrected chi connectivity index (χ0v) is 9.89. The molecule has 0 radical (unpaired) electrons. The SMILES string of the molecule is Cc1ccc(OCC2CCCC2)cc1Cl. The highest BCUT2D eigenvalue weighted by Gasteiger charge is 2.15. The van der Waals surface area contributed by atoms with Crippen LogP contribution in [0.2, 0.25) is 5.02 Å². The van der Waals surface area contributed by atoms with Crippen LogP contribution < -0.4 is 4.74 Å². The van der Waals surface area contributed by atoms with Gasteiger partial charge in [-0.2, -0.15) is 0 Å². The van der Waals surface area contributed by atoms with E-state index in [1.165, 1.54) is 25.7 Å². The first kappa shape index (κ1) is 10.8. The molecule has 1 nitrogen and oxygen atoms in total. The predicted molar refractivity (Wildman–Crippen MR) is 63.6 cm³/mol. The maximum absolute atomic E-state index is 6.03. The van der Waals surface area contributed by atoms with Crippen LogP contribution in [0.5, 0.6) is 5.75 Å². The molecule has 0 spiro atoms. The van der Waals surface area contributed by atoms with Gasteiger partial charge in [-0.15, -0.1) is 0 Å². The van der Waals surface area contributed by atoms with Gasteiger partial charge in [0.15, 0.2) is 0 Å². The van der Waals surface area contributed by atoms with Crippen molar-refractivity contribution in [1.82, 2.24) is 0 Å². The largest absolute Gasteiger partial charge is 0.493 e. The topological polar surface area (TPSA) is 9.23 Å². The monoisotopic (exact) mass is 224 g/mol. The standard InChI is InChI=1S/C13H17ClO/c1-10-6-7-12(8-13(10)14)15-9-11-4-2-3-5-11/h6-8,11H,2-5,9H2,1H3. The zero-order valence-electron chi connectivity index (χ0n) is 9.13. The molecule has 1 aliphatic rings. The molecule has 0 atom stereocenters. The van der Waals surface area contributed by atoms with E-state index in [0.717, 1.165) is 28.9 Å². The van der Waals surface area contributed by atoms with Crippen molar-refractivity contribution in [3.05, 3.63) is 28.8 Å². The number of aryl methyl sites for hydroxylation is 1. The highest BCUT2D eigenvalue weighted by atomic mass is 35.5. The molecule has 0 unspecified atom stereocenters. The van der Waals surface area contributed by atoms with Crippen LogP contribution in [0.15, 0.2) is 18.2 Å². The Morgan fingerprint density at radius 2 is 2.07 bits per heavy atom. The molecule has 82 valence electrons. The Kier molecular flexibility index (Phi) is 3.53. The number of benzene rings is 1. The summed E-state index contributed by atoms with van der Waals surface area (Å²) in [5, 5.41) is 0.791. The quantitative estimate of drug-likeness (QED) is 0.747. The van der Waals surface area contributed by atoms with Crippen LogP contribution in [0, 0.1) is 12.8 Å². The minimum absolute atomic E-state index is 0.755. The third-order valence-corrected chi connectivity index (χ3v) is 3.51. The maximum atomic E-state index is 6.03. The molecule has 1 aromatic rings. The number of halogens is 1. The molecule has 0 amide bonds. The summed E-state index contributed by atoms with van der Waals surface area (Å²) in [7, 11) is 0. The van der Waals surface area contributed by atoms with Gasteiger partial charge in [0.05, 0.1) is 6.61 Å². The molecule has 1 aliphatic carbocycles. The van der Waals surface area contributed by atoms with E-state index in [2.05, 4.69) is 0 Å². The lowest BCUT2D eigenvalue weighted by Gasteiger charge is -2.11. The van der Waals surface area contributed by atoms with E-state index < -0.39 is 0 Å². The molecule has 0 heterocycles. The Morgan fingerprint density at radius 3 is 2.73 bits per heavy atom. The first-order chi connectivity index (χ1) is 7.25. The molecule has 0 aromatic heterocycles. The van der Waals surface area contributed by atoms with Gasteiger partial charge >= 0.3 is 0 Å². The minimum Gasteiger partial charge on any atom is -0.493 e. The van der Waals surface area contributed by atoms with Gasteiger partial charge in [0.25, 0.3) is 0 Å². The lowest BCUT2D eigenvalue weighted by atomic mass is 10.1. The molecule has 2 heteroatoms. The van der Waals surface area contributed by atoms with Gasteiger partial charge in [0.2, 0.25) is 0 Å². The van der Waals surface area contributed by atoms with E-state index in [4.69, 9.17) is 16.3 Å². The van der Waals surface area contributed by atoms with Gasteiger partial charge in [-0.05, 0) is 43.4 Å². The third kappa shape index (κ3) is 2.88. The van der Waals surface area contributed by atoms with Gasteiger partial charge in [0.1, 0.15) is 5.75 Å². The number of rotatable bonds is 3. The van der Waals surface area contributed by atoms with Crippen molar-refractivity contribution in [3.8, 4) is 5.75 Å². The zero-order chi connectivity index (χ0) is 10.7. The predicted octanol–water partition coefficient (Wildman–Crippen LogP) is 4.22. The van der Waals surface area contributed by atoms with E-state index in [9.17, 15) is 0 Å². The molecular formula is C13H17ClO. The van der Waals surface area contributed by atoms with Crippen LogP contribution in [0.1, 0.15) is 31.2 Å². The summed E-state index contributed by atoms with van der Waals surface area (Å²) in [5.41, 5.74) is 1.10. The van der Waals surface area contributed by atoms with Crippen molar-refractivity contribution in [2.75, 3.05) is 6.61 Å². The van der Waals surface area contributed by atoms with Crippen molar-refractivity contribution in [2.24, 2.45) is 5.92 Å². The minimum atomic E-state index is 0.755. The van der Waals surface area contributed by atoms with E-state index in [1.54, 1.807) is 0 Å². The van der Waals surface area contributed by atoms with Crippen LogP contribution >= 0.6 is 11.6 Å². The van der Waals surface area contributed by atoms with Crippen LogP contribution in [0.4, 0.5) is 0 Å². The van der Waals surface area contributed by atoms with E-state index >= 15 is 0 Å². The molecule has 0 N–H and O–H groups in total. The highest BCUT2D eigenvalue weighted by Crippen LogP contribution is 2.27. The first-order valence-electron chi connectivity index (χ1n) is 5.64. The van der Waals surface area contributed by atoms with E-state index in [0.29, 0.717) is 0 Å². The molecule has 1 saturated carbocycles. The van der Waals surface area contributed by atoms with Gasteiger partial charge in [-0.25, -0.2) is 0 Å². The van der Waals surface area contributed by atoms with Gasteiger partial charge < -0.3 is 4.74 Å². The van der Waals surface area contributed by atoms with Crippen LogP contribution in [-0.4, -0.2) is 6.61 Å². The van der Waals surface area contributed by atoms with Gasteiger partial charge in [0, 0.05) is 5.02 Å². The lowest BCUT2D eigenvalue weighted by molar-refractivity contribution is 0.252. The summed E-state index contributed by atoms with van der Waals surface area (Å²) in [6.45, 7) is 2.85. The van der Waals surface area contributed by atoms with Crippen molar-refractivity contribution >= 4 is 11.6 Å². The molecular weight excluding hydrogens is 208 g/mol. The molecule has 1 aromatic carbocycles. The Balaban J connectivity index is 1.90. The van der Waals surface area contributed by atoms with Crippen LogP contribution in [-0.2, 0) is 0 Å². The lowest BCUT2D eigenvalue weighted by Crippen LogP contribution is -2.07. The Hall–Kier alpha value is -0.690. The molecule has 15 heavy (non-hydrogen) atoms. The van der Waals surface area contributed by atoms with Crippen molar-refractivity contribution < 1.29 is 4.74 Å². The second kappa shape index (κ2) is 4.89. The van der Waals surface area contributed by atoms with Crippen molar-refractivity contribution in [2.45, 2.75) is 32.6 Å². The van der Waals surface area contributed by atoms with Crippen LogP contribution in [0.25, 0.3) is 0 Å². The summed E-state index contributed by atoms with van der Waals surface area (Å²) in [4.78, 5) is 0. The number of ether oxygens (including phenoxy) is 1. The summed E-state index contributed by atoms with van der Waals surface area (Å²) >= 11 is 6.03. The second-order valence-corrected chi connectivity index (χ2v) is 4.78. The normalized spacial score (nSPS) is 16.9. The molecule has 0 saturated heterocycles. The Labute approximate surface area is 96.4 Å². The summed E-state index contributed by atoms with van der Waals surface area (Å²) in [5.74, 6) is 1.66. The van der Waals surface area contributed by atoms with Gasteiger partial charge in [-0.1, -0.05) is 30.5 Å². The smallest absolute Gasteiger partial charge is 0.120 e. The molecule has 0 bridgehead atoms. The first-order valence-corrected chi connectivity index (χ1v) is 6.02. The van der Waals surface area contributed by atoms with E-state index in [-0.39, 0.29) is 0 Å². The highest BCUT2D eigenvalue weighted by molar-refractivity contribution is 6.31. The summed E-state index contributed by atoms with van der Waals surface area (Å²) in [6.07, 6.45) is 5.37.